The number of carbonyl (C=O) groups excluding carboxylic acids is 1. The van der Waals surface area contributed by atoms with Gasteiger partial charge in [0.15, 0.2) is 0 Å². The monoisotopic (exact) mass is 408 g/mol. The first-order chi connectivity index (χ1) is 13.0. The van der Waals surface area contributed by atoms with Crippen molar-refractivity contribution in [2.24, 2.45) is 11.7 Å². The van der Waals surface area contributed by atoms with Gasteiger partial charge in [0, 0.05) is 29.5 Å². The molecule has 0 radical (unpaired) electrons. The second kappa shape index (κ2) is 9.94. The molecule has 1 fully saturated rings. The predicted molar refractivity (Wildman–Crippen MR) is 112 cm³/mol. The summed E-state index contributed by atoms with van der Waals surface area (Å²) in [6.07, 6.45) is 4.97. The van der Waals surface area contributed by atoms with Crippen molar-refractivity contribution in [2.45, 2.75) is 51.5 Å². The van der Waals surface area contributed by atoms with Crippen molar-refractivity contribution in [3.05, 3.63) is 39.7 Å². The van der Waals surface area contributed by atoms with Gasteiger partial charge < -0.3 is 20.2 Å². The number of amides is 1. The number of hydrogen-bond donors (Lipinski definition) is 2. The number of carbonyl (C=O) groups is 1. The molecule has 2 atom stereocenters. The van der Waals surface area contributed by atoms with E-state index in [0.29, 0.717) is 35.8 Å². The minimum atomic E-state index is -0.390. The highest BCUT2D eigenvalue weighted by Gasteiger charge is 2.25. The Morgan fingerprint density at radius 2 is 2.07 bits per heavy atom. The van der Waals surface area contributed by atoms with Crippen molar-refractivity contribution in [2.75, 3.05) is 13.7 Å². The number of hydrogen-bond acceptors (Lipinski definition) is 5. The van der Waals surface area contributed by atoms with Crippen LogP contribution in [-0.2, 0) is 11.2 Å². The number of methoxy groups -OCH3 is 1. The van der Waals surface area contributed by atoms with Crippen LogP contribution in [-0.4, -0.2) is 25.6 Å². The largest absolute Gasteiger partial charge is 0.497 e. The molecule has 0 saturated heterocycles. The number of benzene rings is 1. The Bertz CT molecular complexity index is 881. The van der Waals surface area contributed by atoms with Crippen LogP contribution in [0.4, 0.5) is 0 Å². The number of nitrogens with one attached hydrogen (secondary N) is 1. The molecule has 0 bridgehead atoms. The first-order valence-electron chi connectivity index (χ1n) is 9.63. The normalized spacial score (nSPS) is 19.1. The molecule has 2 unspecified atom stereocenters. The maximum absolute atomic E-state index is 12.4. The van der Waals surface area contributed by atoms with Crippen LogP contribution in [0.1, 0.15) is 43.2 Å². The summed E-state index contributed by atoms with van der Waals surface area (Å²) in [5.74, 6) is 0.957. The van der Waals surface area contributed by atoms with Crippen molar-refractivity contribution >= 4 is 29.3 Å². The quantitative estimate of drug-likeness (QED) is 0.716. The van der Waals surface area contributed by atoms with Gasteiger partial charge in [0.05, 0.1) is 7.11 Å². The molecule has 3 rings (SSSR count). The third-order valence-corrected chi connectivity index (χ3v) is 5.65. The van der Waals surface area contributed by atoms with Crippen molar-refractivity contribution < 1.29 is 13.9 Å². The highest BCUT2D eigenvalue weighted by molar-refractivity contribution is 5.85. The molecule has 3 N–H and O–H groups in total. The van der Waals surface area contributed by atoms with Crippen molar-refractivity contribution in [3.8, 4) is 5.75 Å². The smallest absolute Gasteiger partial charge is 0.339 e. The Morgan fingerprint density at radius 3 is 2.79 bits per heavy atom. The summed E-state index contributed by atoms with van der Waals surface area (Å²) in [4.78, 5) is 24.8. The summed E-state index contributed by atoms with van der Waals surface area (Å²) < 4.78 is 10.6. The molecule has 6 nitrogen and oxygen atoms in total. The van der Waals surface area contributed by atoms with Crippen LogP contribution in [0, 0.1) is 12.8 Å². The fourth-order valence-corrected chi connectivity index (χ4v) is 3.99. The van der Waals surface area contributed by atoms with Gasteiger partial charge in [-0.05, 0) is 56.3 Å². The van der Waals surface area contributed by atoms with Gasteiger partial charge in [0.25, 0.3) is 0 Å². The number of ether oxygens (including phenoxy) is 1. The van der Waals surface area contributed by atoms with E-state index in [0.717, 1.165) is 30.2 Å². The van der Waals surface area contributed by atoms with Gasteiger partial charge in [0.2, 0.25) is 5.91 Å². The van der Waals surface area contributed by atoms with E-state index >= 15 is 0 Å². The lowest BCUT2D eigenvalue weighted by Gasteiger charge is -2.31. The summed E-state index contributed by atoms with van der Waals surface area (Å²) in [6.45, 7) is 2.49. The van der Waals surface area contributed by atoms with Crippen molar-refractivity contribution in [3.63, 3.8) is 0 Å². The number of rotatable bonds is 6. The molecule has 28 heavy (non-hydrogen) atoms. The van der Waals surface area contributed by atoms with E-state index in [9.17, 15) is 9.59 Å². The van der Waals surface area contributed by atoms with Gasteiger partial charge in [-0.3, -0.25) is 4.79 Å². The molecule has 7 heteroatoms. The molecule has 1 aliphatic rings. The summed E-state index contributed by atoms with van der Waals surface area (Å²) in [5.41, 5.74) is 7.35. The van der Waals surface area contributed by atoms with E-state index in [4.69, 9.17) is 14.9 Å². The highest BCUT2D eigenvalue weighted by Crippen LogP contribution is 2.25. The van der Waals surface area contributed by atoms with Gasteiger partial charge >= 0.3 is 5.63 Å². The minimum Gasteiger partial charge on any atom is -0.497 e. The third-order valence-electron chi connectivity index (χ3n) is 5.65. The van der Waals surface area contributed by atoms with E-state index in [1.807, 2.05) is 19.1 Å². The average molecular weight is 409 g/mol. The SMILES string of the molecule is COc1ccc2c(C)c(CCC(=O)NC3CCCCC3CN)c(=O)oc2c1.Cl. The van der Waals surface area contributed by atoms with Crippen LogP contribution >= 0.6 is 12.4 Å². The average Bonchev–Trinajstić information content (AvgIpc) is 2.67. The summed E-state index contributed by atoms with van der Waals surface area (Å²) in [5, 5.41) is 3.98. The first kappa shape index (κ1) is 22.2. The van der Waals surface area contributed by atoms with Crippen LogP contribution in [0.25, 0.3) is 11.0 Å². The number of aryl methyl sites for hydroxylation is 1. The molecule has 1 amide bonds. The maximum Gasteiger partial charge on any atom is 0.339 e. The van der Waals surface area contributed by atoms with Gasteiger partial charge in [-0.2, -0.15) is 0 Å². The molecule has 1 aromatic carbocycles. The molecule has 1 heterocycles. The van der Waals surface area contributed by atoms with Crippen LogP contribution in [0.2, 0.25) is 0 Å². The molecular weight excluding hydrogens is 380 g/mol. The zero-order valence-electron chi connectivity index (χ0n) is 16.5. The molecule has 2 aromatic rings. The van der Waals surface area contributed by atoms with E-state index in [2.05, 4.69) is 5.32 Å². The molecule has 0 aliphatic heterocycles. The van der Waals surface area contributed by atoms with Crippen LogP contribution in [0.15, 0.2) is 27.4 Å². The summed E-state index contributed by atoms with van der Waals surface area (Å²) >= 11 is 0. The van der Waals surface area contributed by atoms with E-state index in [1.165, 1.54) is 6.42 Å². The number of nitrogens with two attached hydrogens (primary N) is 1. The maximum atomic E-state index is 12.4. The van der Waals surface area contributed by atoms with E-state index < -0.39 is 5.63 Å². The second-order valence-electron chi connectivity index (χ2n) is 7.31. The Kier molecular flexibility index (Phi) is 7.89. The molecule has 0 spiro atoms. The molecule has 154 valence electrons. The standard InChI is InChI=1S/C21H28N2O4.ClH/c1-13-16-8-7-15(26-2)11-19(16)27-21(25)17(13)9-10-20(24)23-18-6-4-3-5-14(18)12-22;/h7-8,11,14,18H,3-6,9-10,12,22H2,1-2H3,(H,23,24);1H. The molecule has 1 aromatic heterocycles. The second-order valence-corrected chi connectivity index (χ2v) is 7.31. The van der Waals surface area contributed by atoms with Crippen molar-refractivity contribution in [1.29, 1.82) is 0 Å². The van der Waals surface area contributed by atoms with Crippen LogP contribution < -0.4 is 21.4 Å². The van der Waals surface area contributed by atoms with Gasteiger partial charge in [-0.25, -0.2) is 4.79 Å². The zero-order chi connectivity index (χ0) is 19.4. The zero-order valence-corrected chi connectivity index (χ0v) is 17.3. The minimum absolute atomic E-state index is 0. The van der Waals surface area contributed by atoms with E-state index in [1.54, 1.807) is 13.2 Å². The van der Waals surface area contributed by atoms with Crippen LogP contribution in [0.3, 0.4) is 0 Å². The fraction of sp³-hybridized carbons (Fsp3) is 0.524. The van der Waals surface area contributed by atoms with Crippen LogP contribution in [0.5, 0.6) is 5.75 Å². The Hall–Kier alpha value is -2.05. The molecule has 1 aliphatic carbocycles. The summed E-state index contributed by atoms with van der Waals surface area (Å²) in [6, 6.07) is 5.57. The predicted octanol–water partition coefficient (Wildman–Crippen LogP) is 3.10. The van der Waals surface area contributed by atoms with Gasteiger partial charge in [0.1, 0.15) is 11.3 Å². The molecular formula is C21H29ClN2O4. The van der Waals surface area contributed by atoms with Crippen molar-refractivity contribution in [1.82, 2.24) is 5.32 Å². The first-order valence-corrected chi connectivity index (χ1v) is 9.63. The third kappa shape index (κ3) is 4.86. The Labute approximate surface area is 171 Å². The lowest BCUT2D eigenvalue weighted by Crippen LogP contribution is -2.44. The van der Waals surface area contributed by atoms with Gasteiger partial charge in [-0.1, -0.05) is 12.8 Å². The number of halogens is 1. The summed E-state index contributed by atoms with van der Waals surface area (Å²) in [7, 11) is 1.57. The lowest BCUT2D eigenvalue weighted by atomic mass is 9.84. The Morgan fingerprint density at radius 1 is 1.32 bits per heavy atom. The fourth-order valence-electron chi connectivity index (χ4n) is 3.99. The highest BCUT2D eigenvalue weighted by atomic mass is 35.5. The molecule has 1 saturated carbocycles. The Balaban J connectivity index is 0.00000280. The number of fused-ring (bicyclic) bond motifs is 1. The topological polar surface area (TPSA) is 94.6 Å². The lowest BCUT2D eigenvalue weighted by molar-refractivity contribution is -0.122. The van der Waals surface area contributed by atoms with Gasteiger partial charge in [-0.15, -0.1) is 12.4 Å². The van der Waals surface area contributed by atoms with E-state index in [-0.39, 0.29) is 30.8 Å².